The van der Waals surface area contributed by atoms with E-state index < -0.39 is 0 Å². The number of hydrogen-bond donors (Lipinski definition) is 1. The summed E-state index contributed by atoms with van der Waals surface area (Å²) in [5, 5.41) is 7.68. The van der Waals surface area contributed by atoms with Gasteiger partial charge in [0.05, 0.1) is 18.9 Å². The minimum Gasteiger partial charge on any atom is -0.330 e. The summed E-state index contributed by atoms with van der Waals surface area (Å²) in [5.74, 6) is 0.604. The molecule has 18 heavy (non-hydrogen) atoms. The summed E-state index contributed by atoms with van der Waals surface area (Å²) in [6, 6.07) is 2.34. The van der Waals surface area contributed by atoms with E-state index in [2.05, 4.69) is 26.9 Å². The number of imidazole rings is 1. The average molecular weight is 245 g/mol. The van der Waals surface area contributed by atoms with Crippen LogP contribution in [0, 0.1) is 0 Å². The predicted molar refractivity (Wildman–Crippen MR) is 69.4 cm³/mol. The zero-order valence-electron chi connectivity index (χ0n) is 10.7. The van der Waals surface area contributed by atoms with Crippen LogP contribution in [0.3, 0.4) is 0 Å². The largest absolute Gasteiger partial charge is 0.330 e. The first-order valence-electron chi connectivity index (χ1n) is 6.54. The molecule has 3 heterocycles. The van der Waals surface area contributed by atoms with E-state index in [1.54, 1.807) is 0 Å². The molecule has 1 aliphatic heterocycles. The van der Waals surface area contributed by atoms with Crippen molar-refractivity contribution in [3.05, 3.63) is 36.7 Å². The molecule has 1 fully saturated rings. The second kappa shape index (κ2) is 4.94. The monoisotopic (exact) mass is 245 g/mol. The summed E-state index contributed by atoms with van der Waals surface area (Å²) in [6.45, 7) is 5.29. The van der Waals surface area contributed by atoms with Crippen LogP contribution in [0.4, 0.5) is 0 Å². The average Bonchev–Trinajstić information content (AvgIpc) is 3.11. The van der Waals surface area contributed by atoms with E-state index >= 15 is 0 Å². The maximum Gasteiger partial charge on any atom is 0.0951 e. The number of aromatic nitrogens is 4. The lowest BCUT2D eigenvalue weighted by atomic mass is 10.1. The van der Waals surface area contributed by atoms with E-state index in [1.165, 1.54) is 12.1 Å². The first kappa shape index (κ1) is 11.5. The lowest BCUT2D eigenvalue weighted by Crippen LogP contribution is -2.17. The minimum absolute atomic E-state index is 0.378. The molecule has 3 rings (SSSR count). The third kappa shape index (κ3) is 2.18. The van der Waals surface area contributed by atoms with E-state index in [0.29, 0.717) is 12.0 Å². The van der Waals surface area contributed by atoms with Gasteiger partial charge in [-0.05, 0) is 26.0 Å². The van der Waals surface area contributed by atoms with Crippen LogP contribution in [-0.2, 0) is 6.54 Å². The molecule has 1 N–H and O–H groups in total. The Morgan fingerprint density at radius 3 is 3.22 bits per heavy atom. The van der Waals surface area contributed by atoms with Crippen LogP contribution in [0.15, 0.2) is 31.0 Å². The second-order valence-corrected chi connectivity index (χ2v) is 4.99. The molecule has 2 aromatic heterocycles. The number of nitrogens with one attached hydrogen (secondary N) is 1. The third-order valence-electron chi connectivity index (χ3n) is 3.66. The Morgan fingerprint density at radius 1 is 1.56 bits per heavy atom. The van der Waals surface area contributed by atoms with Gasteiger partial charge < -0.3 is 9.88 Å². The Morgan fingerprint density at radius 2 is 2.50 bits per heavy atom. The molecule has 2 atom stereocenters. The van der Waals surface area contributed by atoms with Crippen molar-refractivity contribution in [2.75, 3.05) is 13.1 Å². The Kier molecular flexibility index (Phi) is 3.15. The van der Waals surface area contributed by atoms with E-state index in [9.17, 15) is 0 Å². The second-order valence-electron chi connectivity index (χ2n) is 4.99. The Bertz CT molecular complexity index is 481. The van der Waals surface area contributed by atoms with Crippen LogP contribution in [0.25, 0.3) is 0 Å². The van der Waals surface area contributed by atoms with Crippen LogP contribution >= 0.6 is 0 Å². The van der Waals surface area contributed by atoms with Crippen molar-refractivity contribution in [2.45, 2.75) is 31.8 Å². The summed E-state index contributed by atoms with van der Waals surface area (Å²) in [4.78, 5) is 4.32. The van der Waals surface area contributed by atoms with Crippen molar-refractivity contribution in [1.29, 1.82) is 0 Å². The van der Waals surface area contributed by atoms with Crippen molar-refractivity contribution in [3.63, 3.8) is 0 Å². The Hall–Kier alpha value is -1.62. The summed E-state index contributed by atoms with van der Waals surface area (Å²) >= 11 is 0. The lowest BCUT2D eigenvalue weighted by molar-refractivity contribution is 0.420. The van der Waals surface area contributed by atoms with Crippen molar-refractivity contribution in [3.8, 4) is 0 Å². The van der Waals surface area contributed by atoms with Gasteiger partial charge in [-0.3, -0.25) is 4.68 Å². The van der Waals surface area contributed by atoms with Gasteiger partial charge in [0.1, 0.15) is 0 Å². The molecular weight excluding hydrogens is 226 g/mol. The van der Waals surface area contributed by atoms with Crippen LogP contribution in [0.2, 0.25) is 0 Å². The van der Waals surface area contributed by atoms with Gasteiger partial charge in [0, 0.05) is 36.7 Å². The highest BCUT2D eigenvalue weighted by Crippen LogP contribution is 2.24. The predicted octanol–water partition coefficient (Wildman–Crippen LogP) is 1.42. The zero-order chi connectivity index (χ0) is 12.4. The van der Waals surface area contributed by atoms with Gasteiger partial charge in [-0.2, -0.15) is 5.10 Å². The van der Waals surface area contributed by atoms with Gasteiger partial charge in [0.15, 0.2) is 0 Å². The van der Waals surface area contributed by atoms with Crippen LogP contribution in [0.1, 0.15) is 31.0 Å². The summed E-state index contributed by atoms with van der Waals surface area (Å²) < 4.78 is 4.26. The molecule has 1 aliphatic rings. The topological polar surface area (TPSA) is 47.7 Å². The lowest BCUT2D eigenvalue weighted by Gasteiger charge is -2.19. The minimum atomic E-state index is 0.378. The molecule has 1 saturated heterocycles. The summed E-state index contributed by atoms with van der Waals surface area (Å²) in [6.07, 6.45) is 8.99. The smallest absolute Gasteiger partial charge is 0.0951 e. The maximum absolute atomic E-state index is 4.32. The number of rotatable bonds is 4. The number of nitrogens with zero attached hydrogens (tertiary/aromatic N) is 4. The molecule has 0 bridgehead atoms. The number of hydrogen-bond acceptors (Lipinski definition) is 3. The Balaban J connectivity index is 1.77. The van der Waals surface area contributed by atoms with Crippen molar-refractivity contribution in [1.82, 2.24) is 24.6 Å². The quantitative estimate of drug-likeness (QED) is 0.886. The highest BCUT2D eigenvalue weighted by atomic mass is 15.3. The first-order chi connectivity index (χ1) is 8.84. The Labute approximate surface area is 107 Å². The maximum atomic E-state index is 4.32. The first-order valence-corrected chi connectivity index (χ1v) is 6.54. The molecule has 0 spiro atoms. The van der Waals surface area contributed by atoms with Gasteiger partial charge in [-0.25, -0.2) is 4.98 Å². The molecule has 0 aromatic carbocycles. The molecule has 0 amide bonds. The van der Waals surface area contributed by atoms with Gasteiger partial charge >= 0.3 is 0 Å². The molecule has 96 valence electrons. The van der Waals surface area contributed by atoms with Crippen LogP contribution in [0.5, 0.6) is 0 Å². The van der Waals surface area contributed by atoms with Gasteiger partial charge in [-0.15, -0.1) is 0 Å². The van der Waals surface area contributed by atoms with E-state index in [-0.39, 0.29) is 0 Å². The van der Waals surface area contributed by atoms with Crippen LogP contribution < -0.4 is 5.32 Å². The van der Waals surface area contributed by atoms with Gasteiger partial charge in [0.2, 0.25) is 0 Å². The molecule has 5 nitrogen and oxygen atoms in total. The molecule has 5 heteroatoms. The highest BCUT2D eigenvalue weighted by Gasteiger charge is 2.21. The fourth-order valence-electron chi connectivity index (χ4n) is 2.67. The van der Waals surface area contributed by atoms with Crippen LogP contribution in [-0.4, -0.2) is 32.4 Å². The van der Waals surface area contributed by atoms with Gasteiger partial charge in [0.25, 0.3) is 0 Å². The molecule has 0 radical (unpaired) electrons. The molecule has 0 aliphatic carbocycles. The third-order valence-corrected chi connectivity index (χ3v) is 3.66. The SMILES string of the molecule is CC(Cn1cccn1)n1cncc1C1CCNC1. The normalized spacial score (nSPS) is 21.3. The van der Waals surface area contributed by atoms with E-state index in [0.717, 1.165) is 19.6 Å². The highest BCUT2D eigenvalue weighted by molar-refractivity contribution is 5.10. The zero-order valence-corrected chi connectivity index (χ0v) is 10.7. The van der Waals surface area contributed by atoms with E-state index in [4.69, 9.17) is 0 Å². The van der Waals surface area contributed by atoms with E-state index in [1.807, 2.05) is 35.7 Å². The molecule has 2 aromatic rings. The fraction of sp³-hybridized carbons (Fsp3) is 0.538. The molecular formula is C13H19N5. The standard InChI is InChI=1S/C13H19N5/c1-11(9-17-6-2-4-16-17)18-10-15-8-13(18)12-3-5-14-7-12/h2,4,6,8,10-12,14H,3,5,7,9H2,1H3. The summed E-state index contributed by atoms with van der Waals surface area (Å²) in [7, 11) is 0. The molecule has 2 unspecified atom stereocenters. The van der Waals surface area contributed by atoms with Crippen molar-refractivity contribution >= 4 is 0 Å². The summed E-state index contributed by atoms with van der Waals surface area (Å²) in [5.41, 5.74) is 1.35. The van der Waals surface area contributed by atoms with Gasteiger partial charge in [-0.1, -0.05) is 0 Å². The fourth-order valence-corrected chi connectivity index (χ4v) is 2.67. The van der Waals surface area contributed by atoms with Crippen molar-refractivity contribution in [2.24, 2.45) is 0 Å². The molecule has 0 saturated carbocycles. The van der Waals surface area contributed by atoms with Crippen molar-refractivity contribution < 1.29 is 0 Å².